The number of benzene rings is 2. The molecule has 0 radical (unpaired) electrons. The van der Waals surface area contributed by atoms with E-state index in [0.717, 1.165) is 11.3 Å². The van der Waals surface area contributed by atoms with Crippen LogP contribution in [0.4, 0.5) is 0 Å². The summed E-state index contributed by atoms with van der Waals surface area (Å²) < 4.78 is 12.4. The second-order valence-electron chi connectivity index (χ2n) is 7.17. The molecule has 9 heteroatoms. The number of pyridine rings is 1. The van der Waals surface area contributed by atoms with Gasteiger partial charge in [0, 0.05) is 25.2 Å². The summed E-state index contributed by atoms with van der Waals surface area (Å²) >= 11 is 0. The minimum Gasteiger partial charge on any atom is -0.494 e. The maximum absolute atomic E-state index is 12.5. The zero-order chi connectivity index (χ0) is 23.0. The minimum absolute atomic E-state index is 0.105. The van der Waals surface area contributed by atoms with Gasteiger partial charge in [-0.15, -0.1) is 5.10 Å². The van der Waals surface area contributed by atoms with Gasteiger partial charge in [-0.3, -0.25) is 9.59 Å². The number of rotatable bonds is 9. The summed E-state index contributed by atoms with van der Waals surface area (Å²) in [5, 5.41) is 11.2. The van der Waals surface area contributed by atoms with E-state index in [-0.39, 0.29) is 24.4 Å². The van der Waals surface area contributed by atoms with Crippen molar-refractivity contribution in [2.45, 2.75) is 26.4 Å². The molecule has 0 aliphatic carbocycles. The Hall–Kier alpha value is -4.27. The Morgan fingerprint density at radius 2 is 1.85 bits per heavy atom. The second kappa shape index (κ2) is 10.4. The number of nitrogens with zero attached hydrogens (tertiary/aromatic N) is 4. The van der Waals surface area contributed by atoms with Gasteiger partial charge < -0.3 is 14.8 Å². The van der Waals surface area contributed by atoms with E-state index in [9.17, 15) is 9.59 Å². The topological polar surface area (TPSA) is 108 Å². The molecule has 0 saturated heterocycles. The number of fused-ring (bicyclic) bond motifs is 1. The summed E-state index contributed by atoms with van der Waals surface area (Å²) in [6, 6.07) is 17.8. The Kier molecular flexibility index (Phi) is 6.89. The molecule has 0 fully saturated rings. The number of aromatic nitrogens is 4. The fraction of sp³-hybridized carbons (Fsp3) is 0.208. The van der Waals surface area contributed by atoms with Crippen molar-refractivity contribution in [3.05, 3.63) is 82.8 Å². The first-order valence-corrected chi connectivity index (χ1v) is 10.6. The molecule has 2 aromatic carbocycles. The molecule has 2 aromatic heterocycles. The number of hydrogen-bond donors (Lipinski definition) is 1. The van der Waals surface area contributed by atoms with Gasteiger partial charge >= 0.3 is 0 Å². The molecule has 0 aliphatic rings. The van der Waals surface area contributed by atoms with Crippen molar-refractivity contribution >= 4 is 16.8 Å². The lowest BCUT2D eigenvalue weighted by Gasteiger charge is -2.09. The molecule has 9 nitrogen and oxygen atoms in total. The summed E-state index contributed by atoms with van der Waals surface area (Å²) in [5.41, 5.74) is 1.10. The quantitative estimate of drug-likeness (QED) is 0.422. The Labute approximate surface area is 190 Å². The highest BCUT2D eigenvalue weighted by molar-refractivity contribution is 5.77. The molecule has 0 unspecified atom stereocenters. The van der Waals surface area contributed by atoms with Gasteiger partial charge in [0.2, 0.25) is 11.8 Å². The maximum atomic E-state index is 12.5. The number of carbonyl (C=O) groups is 1. The number of ether oxygens (including phenoxy) is 2. The number of hydrogen-bond acceptors (Lipinski definition) is 7. The van der Waals surface area contributed by atoms with Crippen LogP contribution >= 0.6 is 0 Å². The number of aryl methyl sites for hydroxylation is 1. The maximum Gasteiger partial charge on any atom is 0.277 e. The molecule has 0 bridgehead atoms. The smallest absolute Gasteiger partial charge is 0.277 e. The second-order valence-corrected chi connectivity index (χ2v) is 7.17. The van der Waals surface area contributed by atoms with Gasteiger partial charge in [-0.1, -0.05) is 17.3 Å². The largest absolute Gasteiger partial charge is 0.494 e. The van der Waals surface area contributed by atoms with E-state index in [4.69, 9.17) is 9.47 Å². The molecule has 4 rings (SSSR count). The molecular weight excluding hydrogens is 422 g/mol. The standard InChI is InChI=1S/C24H23N5O4/c1-2-32-18-7-9-19(10-8-18)33-23-15-17(11-13-25-23)16-26-22(30)12-14-29-24(31)20-5-3-4-6-21(20)27-28-29/h3-11,13,15H,2,12,14,16H2,1H3,(H,26,30). The van der Waals surface area contributed by atoms with E-state index >= 15 is 0 Å². The van der Waals surface area contributed by atoms with Gasteiger partial charge in [0.15, 0.2) is 0 Å². The van der Waals surface area contributed by atoms with Crippen LogP contribution in [0.15, 0.2) is 71.7 Å². The molecule has 0 saturated carbocycles. The summed E-state index contributed by atoms with van der Waals surface area (Å²) in [5.74, 6) is 1.62. The SMILES string of the molecule is CCOc1ccc(Oc2cc(CNC(=O)CCn3nnc4ccccc4c3=O)ccn2)cc1. The first-order chi connectivity index (χ1) is 16.1. The lowest BCUT2D eigenvalue weighted by atomic mass is 10.2. The van der Waals surface area contributed by atoms with E-state index in [1.165, 1.54) is 4.68 Å². The average Bonchev–Trinajstić information content (AvgIpc) is 2.84. The summed E-state index contributed by atoms with van der Waals surface area (Å²) in [7, 11) is 0. The first kappa shape index (κ1) is 21.9. The van der Waals surface area contributed by atoms with E-state index in [0.29, 0.717) is 35.7 Å². The van der Waals surface area contributed by atoms with Crippen LogP contribution in [0.1, 0.15) is 18.9 Å². The third-order valence-electron chi connectivity index (χ3n) is 4.83. The summed E-state index contributed by atoms with van der Waals surface area (Å²) in [6.07, 6.45) is 1.73. The molecule has 1 amide bonds. The zero-order valence-electron chi connectivity index (χ0n) is 18.1. The highest BCUT2D eigenvalue weighted by atomic mass is 16.5. The molecular formula is C24H23N5O4. The van der Waals surface area contributed by atoms with E-state index in [2.05, 4.69) is 20.6 Å². The summed E-state index contributed by atoms with van der Waals surface area (Å²) in [6.45, 7) is 2.97. The normalized spacial score (nSPS) is 10.7. The fourth-order valence-electron chi connectivity index (χ4n) is 3.17. The van der Waals surface area contributed by atoms with Crippen LogP contribution in [0, 0.1) is 0 Å². The monoisotopic (exact) mass is 445 g/mol. The van der Waals surface area contributed by atoms with Crippen LogP contribution in [0.25, 0.3) is 10.9 Å². The van der Waals surface area contributed by atoms with Crippen molar-refractivity contribution in [2.75, 3.05) is 6.61 Å². The molecule has 168 valence electrons. The van der Waals surface area contributed by atoms with Crippen LogP contribution in [-0.4, -0.2) is 32.5 Å². The van der Waals surface area contributed by atoms with Gasteiger partial charge in [0.1, 0.15) is 17.0 Å². The lowest BCUT2D eigenvalue weighted by Crippen LogP contribution is -2.29. The number of carbonyl (C=O) groups excluding carboxylic acids is 1. The lowest BCUT2D eigenvalue weighted by molar-refractivity contribution is -0.121. The van der Waals surface area contributed by atoms with Gasteiger partial charge in [0.25, 0.3) is 5.56 Å². The highest BCUT2D eigenvalue weighted by Crippen LogP contribution is 2.23. The predicted molar refractivity (Wildman–Crippen MR) is 122 cm³/mol. The van der Waals surface area contributed by atoms with Crippen molar-refractivity contribution in [1.29, 1.82) is 0 Å². The Balaban J connectivity index is 1.30. The molecule has 0 atom stereocenters. The van der Waals surface area contributed by atoms with Crippen molar-refractivity contribution < 1.29 is 14.3 Å². The fourth-order valence-corrected chi connectivity index (χ4v) is 3.17. The molecule has 0 aliphatic heterocycles. The summed E-state index contributed by atoms with van der Waals surface area (Å²) in [4.78, 5) is 29.0. The van der Waals surface area contributed by atoms with Gasteiger partial charge in [0.05, 0.1) is 18.5 Å². The molecule has 33 heavy (non-hydrogen) atoms. The third kappa shape index (κ3) is 5.70. The van der Waals surface area contributed by atoms with Crippen molar-refractivity contribution in [3.63, 3.8) is 0 Å². The Morgan fingerprint density at radius 3 is 2.67 bits per heavy atom. The molecule has 1 N–H and O–H groups in total. The van der Waals surface area contributed by atoms with Crippen LogP contribution in [0.2, 0.25) is 0 Å². The van der Waals surface area contributed by atoms with Crippen LogP contribution in [0.3, 0.4) is 0 Å². The first-order valence-electron chi connectivity index (χ1n) is 10.6. The highest BCUT2D eigenvalue weighted by Gasteiger charge is 2.08. The molecule has 2 heterocycles. The average molecular weight is 445 g/mol. The van der Waals surface area contributed by atoms with Crippen LogP contribution < -0.4 is 20.3 Å². The van der Waals surface area contributed by atoms with Gasteiger partial charge in [-0.2, -0.15) is 0 Å². The van der Waals surface area contributed by atoms with Gasteiger partial charge in [-0.25, -0.2) is 9.67 Å². The predicted octanol–water partition coefficient (Wildman–Crippen LogP) is 3.08. The van der Waals surface area contributed by atoms with Crippen LogP contribution in [0.5, 0.6) is 17.4 Å². The van der Waals surface area contributed by atoms with Crippen molar-refractivity contribution in [1.82, 2.24) is 25.3 Å². The number of nitrogens with one attached hydrogen (secondary N) is 1. The van der Waals surface area contributed by atoms with Gasteiger partial charge in [-0.05, 0) is 55.0 Å². The molecule has 4 aromatic rings. The van der Waals surface area contributed by atoms with E-state index in [1.54, 1.807) is 54.7 Å². The van der Waals surface area contributed by atoms with Crippen molar-refractivity contribution in [3.8, 4) is 17.4 Å². The Morgan fingerprint density at radius 1 is 1.06 bits per heavy atom. The zero-order valence-corrected chi connectivity index (χ0v) is 18.1. The number of amides is 1. The minimum atomic E-state index is -0.265. The Bertz CT molecular complexity index is 1300. The van der Waals surface area contributed by atoms with Crippen molar-refractivity contribution in [2.24, 2.45) is 0 Å². The molecule has 0 spiro atoms. The third-order valence-corrected chi connectivity index (χ3v) is 4.83. The van der Waals surface area contributed by atoms with E-state index < -0.39 is 0 Å². The van der Waals surface area contributed by atoms with Crippen LogP contribution in [-0.2, 0) is 17.9 Å². The van der Waals surface area contributed by atoms with E-state index in [1.807, 2.05) is 19.1 Å².